The monoisotopic (exact) mass is 302 g/mol. The first kappa shape index (κ1) is 14.3. The summed E-state index contributed by atoms with van der Waals surface area (Å²) in [4.78, 5) is 12.0. The summed E-state index contributed by atoms with van der Waals surface area (Å²) in [6.45, 7) is 1.23. The molecule has 22 heavy (non-hydrogen) atoms. The molecule has 1 heterocycles. The first-order valence-electron chi connectivity index (χ1n) is 6.93. The van der Waals surface area contributed by atoms with Gasteiger partial charge in [-0.3, -0.25) is 10.1 Å². The molecule has 0 saturated heterocycles. The van der Waals surface area contributed by atoms with E-state index in [-0.39, 0.29) is 5.69 Å². The highest BCUT2D eigenvalue weighted by atomic mass is 19.1. The molecule has 6 heteroatoms. The Hall–Kier alpha value is -2.63. The molecule has 2 aromatic carbocycles. The predicted octanol–water partition coefficient (Wildman–Crippen LogP) is 3.31. The quantitative estimate of drug-likeness (QED) is 0.645. The number of fused-ring (bicyclic) bond motifs is 1. The second kappa shape index (κ2) is 5.63. The van der Waals surface area contributed by atoms with Gasteiger partial charge in [0.25, 0.3) is 5.69 Å². The maximum absolute atomic E-state index is 14.1. The van der Waals surface area contributed by atoms with Crippen molar-refractivity contribution >= 4 is 11.4 Å². The van der Waals surface area contributed by atoms with Gasteiger partial charge in [-0.25, -0.2) is 4.39 Å². The fourth-order valence-electron chi connectivity index (χ4n) is 2.73. The van der Waals surface area contributed by atoms with Gasteiger partial charge in [0.2, 0.25) is 0 Å². The number of rotatable bonds is 3. The van der Waals surface area contributed by atoms with E-state index >= 15 is 0 Å². The smallest absolute Gasteiger partial charge is 0.272 e. The molecule has 114 valence electrons. The molecule has 0 bridgehead atoms. The fraction of sp³-hybridized carbons (Fsp3) is 0.250. The molecule has 2 aromatic rings. The van der Waals surface area contributed by atoms with Gasteiger partial charge in [0.15, 0.2) is 5.82 Å². The third-order valence-corrected chi connectivity index (χ3v) is 3.91. The maximum atomic E-state index is 14.1. The van der Waals surface area contributed by atoms with Crippen molar-refractivity contribution in [2.24, 2.45) is 0 Å². The average Bonchev–Trinajstić information content (AvgIpc) is 2.53. The molecule has 0 N–H and O–H groups in total. The van der Waals surface area contributed by atoms with Crippen molar-refractivity contribution in [1.29, 1.82) is 0 Å². The number of nitrogens with zero attached hydrogens (tertiary/aromatic N) is 2. The van der Waals surface area contributed by atoms with Crippen LogP contribution < -0.4 is 9.64 Å². The minimum absolute atomic E-state index is 0.236. The van der Waals surface area contributed by atoms with Gasteiger partial charge in [-0.1, -0.05) is 6.07 Å². The summed E-state index contributed by atoms with van der Waals surface area (Å²) in [6.07, 6.45) is 0.801. The lowest BCUT2D eigenvalue weighted by atomic mass is 9.99. The number of anilines is 1. The van der Waals surface area contributed by atoms with Crippen LogP contribution >= 0.6 is 0 Å². The van der Waals surface area contributed by atoms with Crippen molar-refractivity contribution in [2.75, 3.05) is 18.6 Å². The molecular formula is C16H15FN2O3. The predicted molar refractivity (Wildman–Crippen MR) is 80.8 cm³/mol. The van der Waals surface area contributed by atoms with Crippen molar-refractivity contribution in [1.82, 2.24) is 0 Å². The van der Waals surface area contributed by atoms with E-state index in [0.29, 0.717) is 18.8 Å². The standard InChI is InChI=1S/C16H15FN2O3/c1-22-14-4-2-11-6-7-18(10-12(11)8-14)16-5-3-13(19(20)21)9-15(16)17/h2-5,8-9H,6-7,10H2,1H3. The lowest BCUT2D eigenvalue weighted by Crippen LogP contribution is -2.31. The molecule has 1 aliphatic rings. The number of benzene rings is 2. The zero-order valence-electron chi connectivity index (χ0n) is 12.1. The first-order valence-corrected chi connectivity index (χ1v) is 6.93. The molecule has 0 radical (unpaired) electrons. The summed E-state index contributed by atoms with van der Waals surface area (Å²) in [5.74, 6) is 0.199. The van der Waals surface area contributed by atoms with E-state index in [2.05, 4.69) is 0 Å². The lowest BCUT2D eigenvalue weighted by Gasteiger charge is -2.31. The fourth-order valence-corrected chi connectivity index (χ4v) is 2.73. The Labute approximate surface area is 127 Å². The first-order chi connectivity index (χ1) is 10.6. The number of non-ortho nitro benzene ring substituents is 1. The highest BCUT2D eigenvalue weighted by molar-refractivity contribution is 5.54. The zero-order chi connectivity index (χ0) is 15.7. The number of hydrogen-bond acceptors (Lipinski definition) is 4. The molecule has 3 rings (SSSR count). The van der Waals surface area contributed by atoms with Gasteiger partial charge in [-0.05, 0) is 35.7 Å². The van der Waals surface area contributed by atoms with E-state index in [1.54, 1.807) is 7.11 Å². The van der Waals surface area contributed by atoms with Crippen molar-refractivity contribution in [3.8, 4) is 5.75 Å². The average molecular weight is 302 g/mol. The molecule has 0 unspecified atom stereocenters. The van der Waals surface area contributed by atoms with Gasteiger partial charge in [-0.15, -0.1) is 0 Å². The van der Waals surface area contributed by atoms with Crippen LogP contribution in [0.15, 0.2) is 36.4 Å². The zero-order valence-corrected chi connectivity index (χ0v) is 12.1. The minimum atomic E-state index is -0.594. The van der Waals surface area contributed by atoms with Gasteiger partial charge >= 0.3 is 0 Å². The van der Waals surface area contributed by atoms with Crippen LogP contribution in [0.25, 0.3) is 0 Å². The van der Waals surface area contributed by atoms with Crippen molar-refractivity contribution < 1.29 is 14.1 Å². The minimum Gasteiger partial charge on any atom is -0.497 e. The SMILES string of the molecule is COc1ccc2c(c1)CN(c1ccc([N+](=O)[O-])cc1F)CC2. The Morgan fingerprint density at radius 1 is 1.23 bits per heavy atom. The Kier molecular flexibility index (Phi) is 3.66. The molecule has 0 saturated carbocycles. The highest BCUT2D eigenvalue weighted by Gasteiger charge is 2.21. The van der Waals surface area contributed by atoms with Gasteiger partial charge in [0.05, 0.1) is 23.8 Å². The number of hydrogen-bond donors (Lipinski definition) is 0. The highest BCUT2D eigenvalue weighted by Crippen LogP contribution is 2.30. The van der Waals surface area contributed by atoms with E-state index in [9.17, 15) is 14.5 Å². The lowest BCUT2D eigenvalue weighted by molar-refractivity contribution is -0.385. The largest absolute Gasteiger partial charge is 0.497 e. The summed E-state index contributed by atoms with van der Waals surface area (Å²) in [7, 11) is 1.61. The number of nitro benzene ring substituents is 1. The van der Waals surface area contributed by atoms with Crippen molar-refractivity contribution in [3.63, 3.8) is 0 Å². The van der Waals surface area contributed by atoms with Gasteiger partial charge in [0, 0.05) is 19.2 Å². The number of nitro groups is 1. The molecular weight excluding hydrogens is 287 g/mol. The summed E-state index contributed by atoms with van der Waals surface area (Å²) >= 11 is 0. The van der Waals surface area contributed by atoms with Crippen LogP contribution in [0.1, 0.15) is 11.1 Å². The van der Waals surface area contributed by atoms with Gasteiger partial charge < -0.3 is 9.64 Å². The molecule has 0 aliphatic carbocycles. The van der Waals surface area contributed by atoms with Crippen LogP contribution in [0.4, 0.5) is 15.8 Å². The van der Waals surface area contributed by atoms with E-state index in [4.69, 9.17) is 4.74 Å². The maximum Gasteiger partial charge on any atom is 0.272 e. The van der Waals surface area contributed by atoms with E-state index in [1.807, 2.05) is 23.1 Å². The Bertz CT molecular complexity index is 733. The van der Waals surface area contributed by atoms with Crippen LogP contribution in [0.5, 0.6) is 5.75 Å². The second-order valence-electron chi connectivity index (χ2n) is 5.20. The van der Waals surface area contributed by atoms with Gasteiger partial charge in [0.1, 0.15) is 5.75 Å². The molecule has 0 aromatic heterocycles. The molecule has 5 nitrogen and oxygen atoms in total. The Morgan fingerprint density at radius 3 is 2.73 bits per heavy atom. The van der Waals surface area contributed by atoms with Crippen LogP contribution in [-0.4, -0.2) is 18.6 Å². The van der Waals surface area contributed by atoms with Gasteiger partial charge in [-0.2, -0.15) is 0 Å². The van der Waals surface area contributed by atoms with E-state index in [0.717, 1.165) is 23.8 Å². The summed E-state index contributed by atoms with van der Waals surface area (Å²) in [6, 6.07) is 9.66. The summed E-state index contributed by atoms with van der Waals surface area (Å²) in [5.41, 5.74) is 2.46. The van der Waals surface area contributed by atoms with Crippen molar-refractivity contribution in [3.05, 3.63) is 63.5 Å². The third kappa shape index (κ3) is 2.59. The summed E-state index contributed by atoms with van der Waals surface area (Å²) < 4.78 is 19.4. The number of ether oxygens (including phenoxy) is 1. The molecule has 0 fully saturated rings. The Morgan fingerprint density at radius 2 is 2.05 bits per heavy atom. The van der Waals surface area contributed by atoms with Crippen molar-refractivity contribution in [2.45, 2.75) is 13.0 Å². The number of halogens is 1. The van der Waals surface area contributed by atoms with E-state index in [1.165, 1.54) is 17.7 Å². The third-order valence-electron chi connectivity index (χ3n) is 3.91. The normalized spacial score (nSPS) is 13.6. The van der Waals surface area contributed by atoms with Crippen LogP contribution in [0.2, 0.25) is 0 Å². The molecule has 0 spiro atoms. The second-order valence-corrected chi connectivity index (χ2v) is 5.20. The Balaban J connectivity index is 1.89. The molecule has 0 amide bonds. The van der Waals surface area contributed by atoms with Crippen LogP contribution in [-0.2, 0) is 13.0 Å². The van der Waals surface area contributed by atoms with Crippen LogP contribution in [0, 0.1) is 15.9 Å². The molecule has 0 atom stereocenters. The topological polar surface area (TPSA) is 55.6 Å². The van der Waals surface area contributed by atoms with E-state index < -0.39 is 10.7 Å². The van der Waals surface area contributed by atoms with Crippen LogP contribution in [0.3, 0.4) is 0 Å². The summed E-state index contributed by atoms with van der Waals surface area (Å²) in [5, 5.41) is 10.7. The molecule has 1 aliphatic heterocycles. The number of methoxy groups -OCH3 is 1.